The first-order chi connectivity index (χ1) is 8.83. The predicted molar refractivity (Wildman–Crippen MR) is 71.3 cm³/mol. The van der Waals surface area contributed by atoms with Gasteiger partial charge in [0, 0.05) is 25.7 Å². The Labute approximate surface area is 108 Å². The van der Waals surface area contributed by atoms with E-state index in [1.54, 1.807) is 6.20 Å². The highest BCUT2D eigenvalue weighted by molar-refractivity contribution is 5.30. The lowest BCUT2D eigenvalue weighted by atomic mass is 10.3. The standard InChI is InChI=1S/C13H22N4O/c1-2-5-14-13-9-15-11(8-16-13)10-17(6-7-18)12-3-4-12/h8-9,12,18H,2-7,10H2,1H3,(H,14,16). The maximum atomic E-state index is 9.04. The summed E-state index contributed by atoms with van der Waals surface area (Å²) < 4.78 is 0. The van der Waals surface area contributed by atoms with Crippen molar-refractivity contribution in [3.05, 3.63) is 18.1 Å². The Kier molecular flexibility index (Phi) is 4.90. The number of hydrogen-bond donors (Lipinski definition) is 2. The Balaban J connectivity index is 1.87. The Morgan fingerprint density at radius 2 is 2.22 bits per heavy atom. The number of aliphatic hydroxyl groups excluding tert-OH is 1. The zero-order valence-electron chi connectivity index (χ0n) is 11.0. The van der Waals surface area contributed by atoms with Gasteiger partial charge in [0.05, 0.1) is 24.7 Å². The second-order valence-corrected chi connectivity index (χ2v) is 4.75. The van der Waals surface area contributed by atoms with Crippen molar-refractivity contribution in [2.45, 2.75) is 38.8 Å². The van der Waals surface area contributed by atoms with Crippen molar-refractivity contribution in [3.63, 3.8) is 0 Å². The van der Waals surface area contributed by atoms with E-state index in [1.807, 2.05) is 6.20 Å². The normalized spacial score (nSPS) is 15.1. The van der Waals surface area contributed by atoms with Crippen molar-refractivity contribution >= 4 is 5.82 Å². The van der Waals surface area contributed by atoms with Gasteiger partial charge in [0.25, 0.3) is 0 Å². The fourth-order valence-corrected chi connectivity index (χ4v) is 1.95. The molecule has 0 amide bonds. The molecule has 0 unspecified atom stereocenters. The molecular formula is C13H22N4O. The molecule has 1 fully saturated rings. The zero-order valence-corrected chi connectivity index (χ0v) is 11.0. The molecule has 100 valence electrons. The topological polar surface area (TPSA) is 61.3 Å². The molecule has 1 aliphatic rings. The van der Waals surface area contributed by atoms with E-state index in [1.165, 1.54) is 12.8 Å². The van der Waals surface area contributed by atoms with E-state index in [0.717, 1.165) is 37.6 Å². The first-order valence-corrected chi connectivity index (χ1v) is 6.73. The first-order valence-electron chi connectivity index (χ1n) is 6.73. The van der Waals surface area contributed by atoms with Crippen molar-refractivity contribution in [2.24, 2.45) is 0 Å². The van der Waals surface area contributed by atoms with E-state index in [2.05, 4.69) is 27.1 Å². The molecule has 0 spiro atoms. The highest BCUT2D eigenvalue weighted by Gasteiger charge is 2.28. The van der Waals surface area contributed by atoms with E-state index < -0.39 is 0 Å². The first kappa shape index (κ1) is 13.2. The average Bonchev–Trinajstić information content (AvgIpc) is 3.22. The van der Waals surface area contributed by atoms with Crippen molar-refractivity contribution in [2.75, 3.05) is 25.0 Å². The fraction of sp³-hybridized carbons (Fsp3) is 0.692. The summed E-state index contributed by atoms with van der Waals surface area (Å²) in [6.07, 6.45) is 7.17. The second-order valence-electron chi connectivity index (χ2n) is 4.75. The van der Waals surface area contributed by atoms with Crippen LogP contribution >= 0.6 is 0 Å². The minimum absolute atomic E-state index is 0.208. The lowest BCUT2D eigenvalue weighted by Crippen LogP contribution is -2.29. The second kappa shape index (κ2) is 6.66. The molecule has 1 aromatic heterocycles. The summed E-state index contributed by atoms with van der Waals surface area (Å²) in [7, 11) is 0. The number of rotatable bonds is 8. The van der Waals surface area contributed by atoms with Crippen LogP contribution in [0.1, 0.15) is 31.9 Å². The molecule has 1 aromatic rings. The summed E-state index contributed by atoms with van der Waals surface area (Å²) >= 11 is 0. The van der Waals surface area contributed by atoms with E-state index in [9.17, 15) is 0 Å². The molecule has 1 saturated carbocycles. The fourth-order valence-electron chi connectivity index (χ4n) is 1.95. The number of nitrogens with zero attached hydrogens (tertiary/aromatic N) is 3. The SMILES string of the molecule is CCCNc1cnc(CN(CCO)C2CC2)cn1. The highest BCUT2D eigenvalue weighted by atomic mass is 16.3. The van der Waals surface area contributed by atoms with Crippen molar-refractivity contribution in [1.29, 1.82) is 0 Å². The Hall–Kier alpha value is -1.20. The third-order valence-corrected chi connectivity index (χ3v) is 3.08. The summed E-state index contributed by atoms with van der Waals surface area (Å²) in [4.78, 5) is 11.0. The minimum atomic E-state index is 0.208. The maximum absolute atomic E-state index is 9.04. The predicted octanol–water partition coefficient (Wildman–Crippen LogP) is 1.26. The van der Waals surface area contributed by atoms with Gasteiger partial charge in [-0.25, -0.2) is 4.98 Å². The molecule has 0 radical (unpaired) electrons. The van der Waals surface area contributed by atoms with E-state index in [4.69, 9.17) is 5.11 Å². The molecule has 2 rings (SSSR count). The average molecular weight is 250 g/mol. The molecule has 0 aliphatic heterocycles. The van der Waals surface area contributed by atoms with Crippen LogP contribution in [0.2, 0.25) is 0 Å². The Bertz CT molecular complexity index is 351. The highest BCUT2D eigenvalue weighted by Crippen LogP contribution is 2.27. The van der Waals surface area contributed by atoms with Gasteiger partial charge in [0.15, 0.2) is 0 Å². The van der Waals surface area contributed by atoms with Gasteiger partial charge in [0.1, 0.15) is 5.82 Å². The molecule has 2 N–H and O–H groups in total. The van der Waals surface area contributed by atoms with Crippen LogP contribution in [-0.4, -0.2) is 45.7 Å². The van der Waals surface area contributed by atoms with E-state index in [-0.39, 0.29) is 6.61 Å². The summed E-state index contributed by atoms with van der Waals surface area (Å²) in [5.74, 6) is 0.834. The van der Waals surface area contributed by atoms with Crippen LogP contribution < -0.4 is 5.32 Å². The van der Waals surface area contributed by atoms with E-state index >= 15 is 0 Å². The van der Waals surface area contributed by atoms with E-state index in [0.29, 0.717) is 6.04 Å². The van der Waals surface area contributed by atoms with Crippen molar-refractivity contribution in [3.8, 4) is 0 Å². The molecule has 0 aromatic carbocycles. The maximum Gasteiger partial charge on any atom is 0.144 e. The molecule has 0 bridgehead atoms. The molecular weight excluding hydrogens is 228 g/mol. The number of aromatic nitrogens is 2. The number of nitrogens with one attached hydrogen (secondary N) is 1. The molecule has 18 heavy (non-hydrogen) atoms. The largest absolute Gasteiger partial charge is 0.395 e. The Morgan fingerprint density at radius 3 is 2.78 bits per heavy atom. The minimum Gasteiger partial charge on any atom is -0.395 e. The number of anilines is 1. The molecule has 5 heteroatoms. The number of hydrogen-bond acceptors (Lipinski definition) is 5. The van der Waals surface area contributed by atoms with Crippen LogP contribution in [0.3, 0.4) is 0 Å². The van der Waals surface area contributed by atoms with Crippen LogP contribution in [0.5, 0.6) is 0 Å². The summed E-state index contributed by atoms with van der Waals surface area (Å²) in [6.45, 7) is 4.76. The van der Waals surface area contributed by atoms with Gasteiger partial charge in [-0.05, 0) is 19.3 Å². The summed E-state index contributed by atoms with van der Waals surface area (Å²) in [5, 5.41) is 12.3. The molecule has 1 aliphatic carbocycles. The molecule has 0 atom stereocenters. The van der Waals surface area contributed by atoms with Crippen LogP contribution in [-0.2, 0) is 6.54 Å². The lowest BCUT2D eigenvalue weighted by molar-refractivity contribution is 0.182. The monoisotopic (exact) mass is 250 g/mol. The van der Waals surface area contributed by atoms with Gasteiger partial charge in [-0.3, -0.25) is 9.88 Å². The molecule has 0 saturated heterocycles. The molecule has 1 heterocycles. The molecule has 5 nitrogen and oxygen atoms in total. The van der Waals surface area contributed by atoms with Gasteiger partial charge < -0.3 is 10.4 Å². The van der Waals surface area contributed by atoms with Gasteiger partial charge in [-0.15, -0.1) is 0 Å². The zero-order chi connectivity index (χ0) is 12.8. The summed E-state index contributed by atoms with van der Waals surface area (Å²) in [5.41, 5.74) is 0.970. The smallest absolute Gasteiger partial charge is 0.144 e. The van der Waals surface area contributed by atoms with Gasteiger partial charge in [-0.2, -0.15) is 0 Å². The summed E-state index contributed by atoms with van der Waals surface area (Å²) in [6, 6.07) is 0.636. The Morgan fingerprint density at radius 1 is 1.39 bits per heavy atom. The van der Waals surface area contributed by atoms with Crippen molar-refractivity contribution < 1.29 is 5.11 Å². The van der Waals surface area contributed by atoms with Crippen LogP contribution in [0, 0.1) is 0 Å². The number of aliphatic hydroxyl groups is 1. The third-order valence-electron chi connectivity index (χ3n) is 3.08. The third kappa shape index (κ3) is 3.92. The van der Waals surface area contributed by atoms with Gasteiger partial charge in [0.2, 0.25) is 0 Å². The van der Waals surface area contributed by atoms with Crippen LogP contribution in [0.15, 0.2) is 12.4 Å². The lowest BCUT2D eigenvalue weighted by Gasteiger charge is -2.20. The van der Waals surface area contributed by atoms with Gasteiger partial charge >= 0.3 is 0 Å². The van der Waals surface area contributed by atoms with Crippen LogP contribution in [0.4, 0.5) is 5.82 Å². The quantitative estimate of drug-likeness (QED) is 0.727. The van der Waals surface area contributed by atoms with Crippen LogP contribution in [0.25, 0.3) is 0 Å². The van der Waals surface area contributed by atoms with Gasteiger partial charge in [-0.1, -0.05) is 6.92 Å². The van der Waals surface area contributed by atoms with Crippen molar-refractivity contribution in [1.82, 2.24) is 14.9 Å².